The molecule has 0 bridgehead atoms. The third-order valence-electron chi connectivity index (χ3n) is 7.20. The lowest BCUT2D eigenvalue weighted by molar-refractivity contribution is -0.0908. The number of aromatic amines is 1. The number of nitrogens with zero attached hydrogens (tertiary/aromatic N) is 7. The molecule has 2 fully saturated rings. The molecule has 2 aliphatic rings. The summed E-state index contributed by atoms with van der Waals surface area (Å²) >= 11 is 8.33. The van der Waals surface area contributed by atoms with Crippen molar-refractivity contribution < 1.29 is 47.7 Å². The van der Waals surface area contributed by atoms with Gasteiger partial charge < -0.3 is 45.7 Å². The molecule has 9 N–H and O–H groups in total. The number of halogens is 1. The fourth-order valence-corrected chi connectivity index (χ4v) is 6.41. The molecule has 2 aliphatic heterocycles. The van der Waals surface area contributed by atoms with Gasteiger partial charge in [-0.3, -0.25) is 28.0 Å². The van der Waals surface area contributed by atoms with Gasteiger partial charge in [-0.1, -0.05) is 18.2 Å². The molecule has 4 aromatic heterocycles. The molecule has 0 aliphatic carbocycles. The van der Waals surface area contributed by atoms with E-state index < -0.39 is 74.1 Å². The Balaban J connectivity index is 0.00000139. The number of terminal acetylenes is 1. The number of ether oxygens (including phenoxy) is 2. The van der Waals surface area contributed by atoms with E-state index in [1.165, 1.54) is 17.2 Å². The predicted molar refractivity (Wildman–Crippen MR) is 166 cm³/mol. The SMILES string of the molecule is C#C[C@]1(COP(O)(=S)O[C@@H]2[C@H](F)[C@@H](CO)O[C@H]2n2cnc3c(=O)[nH]c(N)nc32)O[C@@H](n2cnc3c(N)ncnc32)[C@H](O)[C@@H]1O.O=PS. The molecule has 0 spiro atoms. The molecule has 6 rings (SSSR count). The molecule has 0 amide bonds. The molecule has 25 heteroatoms. The van der Waals surface area contributed by atoms with Crippen molar-refractivity contribution in [2.45, 2.75) is 48.6 Å². The van der Waals surface area contributed by atoms with Crippen LogP contribution in [0.4, 0.5) is 16.2 Å². The van der Waals surface area contributed by atoms with Crippen LogP contribution < -0.4 is 17.0 Å². The number of nitrogens with one attached hydrogen (secondary N) is 1. The van der Waals surface area contributed by atoms with E-state index in [0.29, 0.717) is 0 Å². The number of aromatic nitrogens is 8. The number of nitrogen functional groups attached to an aromatic ring is 2. The molecule has 252 valence electrons. The molecule has 0 saturated carbocycles. The maximum Gasteiger partial charge on any atom is 0.325 e. The standard InChI is InChI=1S/C22H24FN10O9PS.HOPS/c1-2-22(14(36)12(35)19(41-22)32-6-28-10-15(24)26-5-27-16(10)32)4-39-43(38,44)42-13-9(23)8(3-34)40-20(13)33-7-29-11-17(33)30-21(25)31-18(11)37;1-2-3/h1,5-9,12-14,19-20,34-36H,3-4H2,(H,38,44)(H2,24,26,27)(H3,25,30,31,37);(H,1,3)/t8-,9-,12-,13-,14+,19-,20-,22-,43?;/m1./s1. The van der Waals surface area contributed by atoms with Gasteiger partial charge in [-0.05, 0) is 11.8 Å². The number of rotatable bonds is 8. The predicted octanol–water partition coefficient (Wildman–Crippen LogP) is -1.28. The smallest absolute Gasteiger partial charge is 0.325 e. The van der Waals surface area contributed by atoms with Crippen molar-refractivity contribution in [3.05, 3.63) is 29.3 Å². The second-order valence-corrected chi connectivity index (χ2v) is 13.4. The molecule has 4 aromatic rings. The molecular weight excluding hydrogens is 709 g/mol. The fourth-order valence-electron chi connectivity index (χ4n) is 5.01. The highest BCUT2D eigenvalue weighted by Crippen LogP contribution is 2.52. The first kappa shape index (κ1) is 35.1. The Morgan fingerprint density at radius 1 is 1.21 bits per heavy atom. The van der Waals surface area contributed by atoms with Crippen molar-refractivity contribution in [1.29, 1.82) is 0 Å². The highest BCUT2D eigenvalue weighted by atomic mass is 32.7. The minimum atomic E-state index is -4.45. The Hall–Kier alpha value is -3.23. The minimum Gasteiger partial charge on any atom is -0.394 e. The van der Waals surface area contributed by atoms with E-state index in [1.54, 1.807) is 0 Å². The Labute approximate surface area is 273 Å². The van der Waals surface area contributed by atoms with Gasteiger partial charge in [-0.2, -0.15) is 4.98 Å². The van der Waals surface area contributed by atoms with Crippen molar-refractivity contribution in [2.75, 3.05) is 24.7 Å². The van der Waals surface area contributed by atoms with Crippen LogP contribution in [-0.4, -0.2) is 109 Å². The number of alkyl halides is 1. The van der Waals surface area contributed by atoms with Crippen LogP contribution in [0.3, 0.4) is 0 Å². The summed E-state index contributed by atoms with van der Waals surface area (Å²) in [5, 5.41) is 31.4. The van der Waals surface area contributed by atoms with E-state index in [0.717, 1.165) is 10.9 Å². The van der Waals surface area contributed by atoms with Crippen molar-refractivity contribution in [3.63, 3.8) is 0 Å². The summed E-state index contributed by atoms with van der Waals surface area (Å²) in [6.07, 6.45) is -2.24. The van der Waals surface area contributed by atoms with E-state index >= 15 is 4.39 Å². The maximum atomic E-state index is 15.4. The number of fused-ring (bicyclic) bond motifs is 2. The van der Waals surface area contributed by atoms with E-state index in [1.807, 2.05) is 0 Å². The van der Waals surface area contributed by atoms with Crippen LogP contribution in [0.2, 0.25) is 0 Å². The van der Waals surface area contributed by atoms with Gasteiger partial charge in [0.2, 0.25) is 13.6 Å². The van der Waals surface area contributed by atoms with Crippen LogP contribution in [-0.2, 0) is 34.9 Å². The van der Waals surface area contributed by atoms with Crippen LogP contribution in [0.25, 0.3) is 22.3 Å². The molecule has 2 saturated heterocycles. The number of imidazole rings is 2. The third-order valence-corrected chi connectivity index (χ3v) is 8.74. The van der Waals surface area contributed by atoms with E-state index in [-0.39, 0.29) is 41.8 Å². The third kappa shape index (κ3) is 6.48. The quantitative estimate of drug-likeness (QED) is 0.0594. The first-order valence-corrected chi connectivity index (χ1v) is 17.6. The highest BCUT2D eigenvalue weighted by molar-refractivity contribution is 8.33. The summed E-state index contributed by atoms with van der Waals surface area (Å²) in [4.78, 5) is 45.4. The topological polar surface area (TPSA) is 294 Å². The lowest BCUT2D eigenvalue weighted by atomic mass is 9.97. The highest BCUT2D eigenvalue weighted by Gasteiger charge is 2.56. The zero-order chi connectivity index (χ0) is 34.3. The van der Waals surface area contributed by atoms with Crippen molar-refractivity contribution in [3.8, 4) is 12.3 Å². The lowest BCUT2D eigenvalue weighted by Crippen LogP contribution is -2.45. The number of aliphatic hydroxyl groups excluding tert-OH is 3. The lowest BCUT2D eigenvalue weighted by Gasteiger charge is -2.30. The van der Waals surface area contributed by atoms with E-state index in [9.17, 15) is 25.0 Å². The van der Waals surface area contributed by atoms with Crippen LogP contribution >= 0.6 is 26.6 Å². The van der Waals surface area contributed by atoms with Gasteiger partial charge in [0, 0.05) is 0 Å². The average molecular weight is 735 g/mol. The number of H-pyrrole nitrogens is 1. The molecule has 6 heterocycles. The number of anilines is 2. The zero-order valence-electron chi connectivity index (χ0n) is 23.4. The Morgan fingerprint density at radius 3 is 2.53 bits per heavy atom. The summed E-state index contributed by atoms with van der Waals surface area (Å²) in [6.45, 7) is -6.06. The minimum absolute atomic E-state index is 0.0602. The Kier molecular flexibility index (Phi) is 10.2. The fraction of sp³-hybridized carbons (Fsp3) is 0.455. The van der Waals surface area contributed by atoms with Gasteiger partial charge in [0.1, 0.15) is 36.3 Å². The van der Waals surface area contributed by atoms with Crippen molar-refractivity contribution in [2.24, 2.45) is 0 Å². The van der Waals surface area contributed by atoms with Gasteiger partial charge in [0.05, 0.1) is 25.9 Å². The first-order valence-electron chi connectivity index (χ1n) is 13.0. The average Bonchev–Trinajstić information content (AvgIpc) is 3.78. The van der Waals surface area contributed by atoms with Crippen LogP contribution in [0.1, 0.15) is 12.5 Å². The largest absolute Gasteiger partial charge is 0.394 e. The monoisotopic (exact) mass is 734 g/mol. The van der Waals surface area contributed by atoms with Crippen LogP contribution in [0.5, 0.6) is 0 Å². The van der Waals surface area contributed by atoms with Crippen LogP contribution in [0, 0.1) is 12.3 Å². The van der Waals surface area contributed by atoms with Gasteiger partial charge >= 0.3 is 6.72 Å². The summed E-state index contributed by atoms with van der Waals surface area (Å²) < 4.78 is 49.0. The zero-order valence-corrected chi connectivity index (χ0v) is 26.9. The van der Waals surface area contributed by atoms with Gasteiger partial charge in [0.25, 0.3) is 5.56 Å². The van der Waals surface area contributed by atoms with Crippen LogP contribution in [0.15, 0.2) is 23.8 Å². The Bertz CT molecular complexity index is 1950. The molecule has 1 unspecified atom stereocenters. The first-order chi connectivity index (χ1) is 22.3. The van der Waals surface area contributed by atoms with Gasteiger partial charge in [-0.15, -0.1) is 6.42 Å². The Morgan fingerprint density at radius 2 is 1.87 bits per heavy atom. The number of hydrogen-bond donors (Lipinski definition) is 8. The summed E-state index contributed by atoms with van der Waals surface area (Å²) in [6, 6.07) is 0. The second-order valence-electron chi connectivity index (χ2n) is 9.92. The molecular formula is C22H25FN10O10P2S2. The normalized spacial score (nSPS) is 30.3. The molecule has 9 atom stereocenters. The van der Waals surface area contributed by atoms with Crippen molar-refractivity contribution in [1.82, 2.24) is 39.0 Å². The molecule has 47 heavy (non-hydrogen) atoms. The number of thiol groups is 1. The molecule has 0 radical (unpaired) electrons. The second kappa shape index (κ2) is 13.7. The van der Waals surface area contributed by atoms with Gasteiger partial charge in [-0.25, -0.2) is 24.3 Å². The van der Waals surface area contributed by atoms with E-state index in [2.05, 4.69) is 48.1 Å². The van der Waals surface area contributed by atoms with E-state index in [4.69, 9.17) is 52.8 Å². The number of aliphatic hydroxyl groups is 3. The molecule has 0 aromatic carbocycles. The summed E-state index contributed by atoms with van der Waals surface area (Å²) in [5.74, 6) is 2.02. The van der Waals surface area contributed by atoms with Gasteiger partial charge in [0.15, 0.2) is 46.9 Å². The summed E-state index contributed by atoms with van der Waals surface area (Å²) in [7, 11) is -0.139. The number of hydrogen-bond acceptors (Lipinski definition) is 17. The summed E-state index contributed by atoms with van der Waals surface area (Å²) in [5.41, 5.74) is 8.81. The van der Waals surface area contributed by atoms with Crippen molar-refractivity contribution >= 4 is 72.5 Å². The maximum absolute atomic E-state index is 15.4. The number of nitrogens with two attached hydrogens (primary N) is 2. The molecule has 20 nitrogen and oxygen atoms in total.